The average molecular weight is 414 g/mol. The molecule has 2 aromatic rings. The van der Waals surface area contributed by atoms with Crippen LogP contribution in [0.4, 0.5) is 5.69 Å². The van der Waals surface area contributed by atoms with Crippen LogP contribution in [0.3, 0.4) is 0 Å². The first-order valence-electron chi connectivity index (χ1n) is 9.44. The van der Waals surface area contributed by atoms with Crippen molar-refractivity contribution in [2.45, 2.75) is 36.4 Å². The first-order chi connectivity index (χ1) is 13.9. The molecule has 1 aliphatic carbocycles. The number of amides is 1. The van der Waals surface area contributed by atoms with E-state index in [4.69, 9.17) is 9.47 Å². The van der Waals surface area contributed by atoms with Gasteiger partial charge in [-0.3, -0.25) is 4.79 Å². The summed E-state index contributed by atoms with van der Waals surface area (Å²) in [5, 5.41) is 2.80. The van der Waals surface area contributed by atoms with Gasteiger partial charge < -0.3 is 14.8 Å². The third-order valence-corrected chi connectivity index (χ3v) is 6.49. The molecule has 4 rings (SSSR count). The fourth-order valence-corrected chi connectivity index (χ4v) is 4.25. The van der Waals surface area contributed by atoms with Crippen molar-refractivity contribution in [2.24, 2.45) is 0 Å². The molecule has 152 valence electrons. The monoisotopic (exact) mass is 414 g/mol. The second-order valence-electron chi connectivity index (χ2n) is 7.08. The van der Waals surface area contributed by atoms with E-state index in [9.17, 15) is 13.2 Å². The summed E-state index contributed by atoms with van der Waals surface area (Å²) in [4.78, 5) is 12.4. The molecular formula is C21H22N2O5S. The van der Waals surface area contributed by atoms with E-state index in [0.29, 0.717) is 22.7 Å². The summed E-state index contributed by atoms with van der Waals surface area (Å²) < 4.78 is 37.7. The minimum atomic E-state index is -3.48. The van der Waals surface area contributed by atoms with Gasteiger partial charge in [-0.2, -0.15) is 0 Å². The molecule has 0 atom stereocenters. The van der Waals surface area contributed by atoms with E-state index < -0.39 is 15.8 Å². The van der Waals surface area contributed by atoms with Gasteiger partial charge in [0.25, 0.3) is 5.79 Å². The molecule has 0 radical (unpaired) electrons. The minimum absolute atomic E-state index is 0.169. The predicted octanol–water partition coefficient (Wildman–Crippen LogP) is 3.29. The Hall–Kier alpha value is -2.84. The molecular weight excluding hydrogens is 392 g/mol. The van der Waals surface area contributed by atoms with Crippen LogP contribution in [-0.4, -0.2) is 27.2 Å². The maximum atomic E-state index is 12.2. The smallest absolute Gasteiger partial charge is 0.251 e. The molecule has 1 fully saturated rings. The van der Waals surface area contributed by atoms with Gasteiger partial charge >= 0.3 is 0 Å². The number of benzene rings is 2. The first kappa shape index (κ1) is 19.5. The molecule has 8 heteroatoms. The Labute approximate surface area is 169 Å². The molecule has 2 aromatic carbocycles. The molecule has 1 amide bonds. The molecule has 0 unspecified atom stereocenters. The van der Waals surface area contributed by atoms with Crippen molar-refractivity contribution >= 4 is 27.7 Å². The number of carbonyl (C=O) groups is 1. The predicted molar refractivity (Wildman–Crippen MR) is 109 cm³/mol. The Morgan fingerprint density at radius 2 is 1.72 bits per heavy atom. The largest absolute Gasteiger partial charge is 0.448 e. The second kappa shape index (κ2) is 7.53. The van der Waals surface area contributed by atoms with E-state index in [1.165, 1.54) is 25.3 Å². The Morgan fingerprint density at radius 3 is 2.41 bits per heavy atom. The van der Waals surface area contributed by atoms with Crippen molar-refractivity contribution in [3.05, 3.63) is 54.1 Å². The normalized spacial score (nSPS) is 17.1. The Bertz CT molecular complexity index is 1050. The molecule has 1 saturated carbocycles. The number of hydrogen-bond acceptors (Lipinski definition) is 5. The molecule has 1 spiro atoms. The standard InChI is InChI=1S/C21H22N2O5S/c1-22-29(25,26)17-8-4-15(5-9-17)6-11-20(24)23-16-7-10-18-19(14-16)28-21(27-18)12-2-3-13-21/h4-11,14,22H,2-3,12-13H2,1H3,(H,23,24)/b11-6+. The van der Waals surface area contributed by atoms with E-state index in [2.05, 4.69) is 10.0 Å². The Morgan fingerprint density at radius 1 is 1.03 bits per heavy atom. The van der Waals surface area contributed by atoms with E-state index in [1.54, 1.807) is 30.3 Å². The summed E-state index contributed by atoms with van der Waals surface area (Å²) in [6.45, 7) is 0. The van der Waals surface area contributed by atoms with Crippen LogP contribution in [0, 0.1) is 0 Å². The summed E-state index contributed by atoms with van der Waals surface area (Å²) in [7, 11) is -2.12. The third kappa shape index (κ3) is 4.13. The molecule has 1 aliphatic heterocycles. The van der Waals surface area contributed by atoms with Crippen molar-refractivity contribution < 1.29 is 22.7 Å². The van der Waals surface area contributed by atoms with Crippen LogP contribution in [0.25, 0.3) is 6.08 Å². The lowest BCUT2D eigenvalue weighted by Crippen LogP contribution is -2.34. The van der Waals surface area contributed by atoms with Crippen LogP contribution in [0.5, 0.6) is 11.5 Å². The molecule has 2 aliphatic rings. The van der Waals surface area contributed by atoms with Gasteiger partial charge in [-0.25, -0.2) is 13.1 Å². The van der Waals surface area contributed by atoms with Crippen molar-refractivity contribution in [1.29, 1.82) is 0 Å². The van der Waals surface area contributed by atoms with Crippen molar-refractivity contribution in [2.75, 3.05) is 12.4 Å². The van der Waals surface area contributed by atoms with Crippen LogP contribution in [0.2, 0.25) is 0 Å². The highest BCUT2D eigenvalue weighted by Gasteiger charge is 2.44. The van der Waals surface area contributed by atoms with E-state index in [1.807, 2.05) is 6.07 Å². The van der Waals surface area contributed by atoms with Gasteiger partial charge in [0.15, 0.2) is 11.5 Å². The zero-order chi connectivity index (χ0) is 20.5. The lowest BCUT2D eigenvalue weighted by Gasteiger charge is -2.21. The highest BCUT2D eigenvalue weighted by atomic mass is 32.2. The van der Waals surface area contributed by atoms with Crippen LogP contribution < -0.4 is 19.5 Å². The fourth-order valence-electron chi connectivity index (χ4n) is 3.52. The second-order valence-corrected chi connectivity index (χ2v) is 8.97. The molecule has 2 N–H and O–H groups in total. The Kier molecular flexibility index (Phi) is 5.06. The van der Waals surface area contributed by atoms with Gasteiger partial charge in [0.2, 0.25) is 15.9 Å². The molecule has 1 heterocycles. The zero-order valence-corrected chi connectivity index (χ0v) is 16.8. The fraction of sp³-hybridized carbons (Fsp3) is 0.286. The molecule has 0 aromatic heterocycles. The van der Waals surface area contributed by atoms with Gasteiger partial charge in [-0.1, -0.05) is 12.1 Å². The summed E-state index contributed by atoms with van der Waals surface area (Å²) in [6, 6.07) is 11.6. The average Bonchev–Trinajstić information content (AvgIpc) is 3.32. The summed E-state index contributed by atoms with van der Waals surface area (Å²) >= 11 is 0. The van der Waals surface area contributed by atoms with Crippen LogP contribution in [0.15, 0.2) is 53.4 Å². The lowest BCUT2D eigenvalue weighted by molar-refractivity contribution is -0.111. The molecule has 0 bridgehead atoms. The van der Waals surface area contributed by atoms with Crippen LogP contribution in [0.1, 0.15) is 31.2 Å². The third-order valence-electron chi connectivity index (χ3n) is 5.05. The van der Waals surface area contributed by atoms with Gasteiger partial charge in [0.1, 0.15) is 0 Å². The highest BCUT2D eigenvalue weighted by molar-refractivity contribution is 7.89. The lowest BCUT2D eigenvalue weighted by atomic mass is 10.2. The molecule has 29 heavy (non-hydrogen) atoms. The van der Waals surface area contributed by atoms with E-state index in [-0.39, 0.29) is 10.8 Å². The van der Waals surface area contributed by atoms with Crippen molar-refractivity contribution in [3.8, 4) is 11.5 Å². The van der Waals surface area contributed by atoms with Crippen LogP contribution in [-0.2, 0) is 14.8 Å². The van der Waals surface area contributed by atoms with E-state index >= 15 is 0 Å². The van der Waals surface area contributed by atoms with Gasteiger partial charge in [-0.05, 0) is 55.8 Å². The number of fused-ring (bicyclic) bond motifs is 1. The summed E-state index contributed by atoms with van der Waals surface area (Å²) in [5.74, 6) is 0.524. The van der Waals surface area contributed by atoms with Gasteiger partial charge in [0, 0.05) is 30.7 Å². The van der Waals surface area contributed by atoms with Crippen molar-refractivity contribution in [1.82, 2.24) is 4.72 Å². The maximum absolute atomic E-state index is 12.2. The van der Waals surface area contributed by atoms with Crippen LogP contribution >= 0.6 is 0 Å². The van der Waals surface area contributed by atoms with Gasteiger partial charge in [-0.15, -0.1) is 0 Å². The minimum Gasteiger partial charge on any atom is -0.448 e. The summed E-state index contributed by atoms with van der Waals surface area (Å²) in [5.41, 5.74) is 1.33. The number of sulfonamides is 1. The zero-order valence-electron chi connectivity index (χ0n) is 16.0. The number of carbonyl (C=O) groups excluding carboxylic acids is 1. The van der Waals surface area contributed by atoms with Gasteiger partial charge in [0.05, 0.1) is 4.90 Å². The summed E-state index contributed by atoms with van der Waals surface area (Å²) in [6.07, 6.45) is 6.94. The number of rotatable bonds is 5. The molecule has 7 nitrogen and oxygen atoms in total. The topological polar surface area (TPSA) is 93.7 Å². The SMILES string of the molecule is CNS(=O)(=O)c1ccc(/C=C/C(=O)Nc2ccc3c(c2)OC2(CCCC2)O3)cc1. The Balaban J connectivity index is 1.39. The van der Waals surface area contributed by atoms with E-state index in [0.717, 1.165) is 25.7 Å². The number of ether oxygens (including phenoxy) is 2. The quantitative estimate of drug-likeness (QED) is 0.733. The number of nitrogens with one attached hydrogen (secondary N) is 2. The highest BCUT2D eigenvalue weighted by Crippen LogP contribution is 2.47. The van der Waals surface area contributed by atoms with Crippen molar-refractivity contribution in [3.63, 3.8) is 0 Å². The first-order valence-corrected chi connectivity index (χ1v) is 10.9. The number of anilines is 1. The maximum Gasteiger partial charge on any atom is 0.251 e. The number of hydrogen-bond donors (Lipinski definition) is 2. The molecule has 0 saturated heterocycles.